The molecule has 0 saturated carbocycles. The van der Waals surface area contributed by atoms with Crippen molar-refractivity contribution in [2.24, 2.45) is 5.92 Å². The van der Waals surface area contributed by atoms with Gasteiger partial charge in [0.2, 0.25) is 0 Å². The molecule has 0 spiro atoms. The van der Waals surface area contributed by atoms with Crippen LogP contribution in [-0.2, 0) is 0 Å². The van der Waals surface area contributed by atoms with Gasteiger partial charge in [-0.05, 0) is 32.9 Å². The Labute approximate surface area is 113 Å². The van der Waals surface area contributed by atoms with Crippen LogP contribution in [0.15, 0.2) is 0 Å². The summed E-state index contributed by atoms with van der Waals surface area (Å²) in [6.45, 7) is 8.75. The molecule has 1 aliphatic heterocycles. The van der Waals surface area contributed by atoms with Gasteiger partial charge < -0.3 is 10.2 Å². The highest BCUT2D eigenvalue weighted by atomic mass is 15.2. The third-order valence-corrected chi connectivity index (χ3v) is 3.95. The molecule has 0 bridgehead atoms. The zero-order valence-electron chi connectivity index (χ0n) is 12.4. The molecular weight excluding hydrogens is 222 g/mol. The lowest BCUT2D eigenvalue weighted by atomic mass is 10.0. The van der Waals surface area contributed by atoms with Crippen LogP contribution in [0, 0.1) is 18.3 Å². The summed E-state index contributed by atoms with van der Waals surface area (Å²) in [6, 6.07) is 1.29. The van der Waals surface area contributed by atoms with Crippen molar-refractivity contribution in [3.05, 3.63) is 0 Å². The summed E-state index contributed by atoms with van der Waals surface area (Å²) in [7, 11) is 4.34. The molecule has 0 radical (unpaired) electrons. The van der Waals surface area contributed by atoms with Gasteiger partial charge in [-0.3, -0.25) is 4.90 Å². The summed E-state index contributed by atoms with van der Waals surface area (Å²) in [4.78, 5) is 4.69. The molecule has 1 fully saturated rings. The second kappa shape index (κ2) is 7.78. The van der Waals surface area contributed by atoms with Gasteiger partial charge in [-0.2, -0.15) is 0 Å². The molecule has 0 aromatic rings. The van der Waals surface area contributed by atoms with E-state index in [9.17, 15) is 0 Å². The first-order valence-corrected chi connectivity index (χ1v) is 7.10. The molecule has 0 aliphatic carbocycles. The Balaban J connectivity index is 2.27. The number of terminal acetylenes is 1. The number of nitrogens with one attached hydrogen (secondary N) is 1. The average Bonchev–Trinajstić information content (AvgIpc) is 2.31. The van der Waals surface area contributed by atoms with Crippen molar-refractivity contribution in [2.45, 2.75) is 38.8 Å². The van der Waals surface area contributed by atoms with Gasteiger partial charge in [-0.25, -0.2) is 0 Å². The van der Waals surface area contributed by atoms with Crippen LogP contribution in [0.5, 0.6) is 0 Å². The minimum Gasteiger partial charge on any atom is -0.312 e. The van der Waals surface area contributed by atoms with Crippen LogP contribution in [0.3, 0.4) is 0 Å². The first-order chi connectivity index (χ1) is 8.54. The van der Waals surface area contributed by atoms with Crippen molar-refractivity contribution in [3.63, 3.8) is 0 Å². The third kappa shape index (κ3) is 4.97. The molecule has 1 unspecified atom stereocenters. The standard InChI is InChI=1S/C15H29N3/c1-6-9-18-10-7-14(8-11-18)16-12-15(13(2)3)17(4)5/h1,13-16H,7-12H2,2-5H3. The Morgan fingerprint density at radius 3 is 2.39 bits per heavy atom. The first-order valence-electron chi connectivity index (χ1n) is 7.10. The quantitative estimate of drug-likeness (QED) is 0.717. The van der Waals surface area contributed by atoms with Gasteiger partial charge >= 0.3 is 0 Å². The second-order valence-corrected chi connectivity index (χ2v) is 5.94. The molecule has 1 aliphatic rings. The zero-order chi connectivity index (χ0) is 13.5. The first kappa shape index (κ1) is 15.5. The van der Waals surface area contributed by atoms with Crippen molar-refractivity contribution in [2.75, 3.05) is 40.3 Å². The lowest BCUT2D eigenvalue weighted by Gasteiger charge is -2.34. The highest BCUT2D eigenvalue weighted by Crippen LogP contribution is 2.11. The van der Waals surface area contributed by atoms with Gasteiger partial charge in [-0.1, -0.05) is 19.8 Å². The van der Waals surface area contributed by atoms with E-state index in [2.05, 4.69) is 49.0 Å². The van der Waals surface area contributed by atoms with E-state index in [0.29, 0.717) is 18.0 Å². The maximum Gasteiger partial charge on any atom is 0.0598 e. The van der Waals surface area contributed by atoms with E-state index < -0.39 is 0 Å². The molecule has 1 atom stereocenters. The zero-order valence-corrected chi connectivity index (χ0v) is 12.4. The fourth-order valence-corrected chi connectivity index (χ4v) is 2.73. The fraction of sp³-hybridized carbons (Fsp3) is 0.867. The molecule has 0 aromatic heterocycles. The summed E-state index contributed by atoms with van der Waals surface area (Å²) in [6.07, 6.45) is 7.79. The normalized spacial score (nSPS) is 20.3. The van der Waals surface area contributed by atoms with Gasteiger partial charge in [0, 0.05) is 31.7 Å². The van der Waals surface area contributed by atoms with Crippen LogP contribution < -0.4 is 5.32 Å². The Morgan fingerprint density at radius 1 is 1.33 bits per heavy atom. The number of likely N-dealkylation sites (tertiary alicyclic amines) is 1. The number of hydrogen-bond donors (Lipinski definition) is 1. The fourth-order valence-electron chi connectivity index (χ4n) is 2.73. The number of hydrogen-bond acceptors (Lipinski definition) is 3. The van der Waals surface area contributed by atoms with Gasteiger partial charge in [-0.15, -0.1) is 6.42 Å². The summed E-state index contributed by atoms with van der Waals surface area (Å²) >= 11 is 0. The Hall–Kier alpha value is -0.560. The minimum absolute atomic E-state index is 0.619. The number of rotatable bonds is 6. The van der Waals surface area contributed by atoms with E-state index >= 15 is 0 Å². The highest BCUT2D eigenvalue weighted by Gasteiger charge is 2.21. The predicted octanol–water partition coefficient (Wildman–Crippen LogP) is 1.26. The highest BCUT2D eigenvalue weighted by molar-refractivity contribution is 4.90. The van der Waals surface area contributed by atoms with Crippen LogP contribution in [0.4, 0.5) is 0 Å². The molecule has 0 amide bonds. The van der Waals surface area contributed by atoms with Gasteiger partial charge in [0.15, 0.2) is 0 Å². The molecule has 1 rings (SSSR count). The van der Waals surface area contributed by atoms with E-state index in [1.165, 1.54) is 12.8 Å². The van der Waals surface area contributed by atoms with Crippen molar-refractivity contribution in [1.82, 2.24) is 15.1 Å². The van der Waals surface area contributed by atoms with Gasteiger partial charge in [0.25, 0.3) is 0 Å². The van der Waals surface area contributed by atoms with E-state index in [1.807, 2.05) is 0 Å². The van der Waals surface area contributed by atoms with Crippen LogP contribution in [-0.4, -0.2) is 62.2 Å². The monoisotopic (exact) mass is 251 g/mol. The largest absolute Gasteiger partial charge is 0.312 e. The number of piperidine rings is 1. The summed E-state index contributed by atoms with van der Waals surface area (Å²) in [5.41, 5.74) is 0. The van der Waals surface area contributed by atoms with Gasteiger partial charge in [0.05, 0.1) is 6.54 Å². The topological polar surface area (TPSA) is 18.5 Å². The van der Waals surface area contributed by atoms with E-state index in [0.717, 1.165) is 26.2 Å². The van der Waals surface area contributed by atoms with Crippen LogP contribution in [0.25, 0.3) is 0 Å². The maximum absolute atomic E-state index is 5.35. The smallest absolute Gasteiger partial charge is 0.0598 e. The maximum atomic E-state index is 5.35. The predicted molar refractivity (Wildman–Crippen MR) is 78.6 cm³/mol. The SMILES string of the molecule is C#CCN1CCC(NCC(C(C)C)N(C)C)CC1. The molecule has 104 valence electrons. The average molecular weight is 251 g/mol. The van der Waals surface area contributed by atoms with Crippen LogP contribution in [0.1, 0.15) is 26.7 Å². The van der Waals surface area contributed by atoms with Crippen molar-refractivity contribution < 1.29 is 0 Å². The molecule has 18 heavy (non-hydrogen) atoms. The van der Waals surface area contributed by atoms with Crippen molar-refractivity contribution in [1.29, 1.82) is 0 Å². The minimum atomic E-state index is 0.619. The summed E-state index contributed by atoms with van der Waals surface area (Å²) in [5.74, 6) is 3.42. The van der Waals surface area contributed by atoms with E-state index in [-0.39, 0.29) is 0 Å². The Bertz CT molecular complexity index is 251. The number of likely N-dealkylation sites (N-methyl/N-ethyl adjacent to an activating group) is 1. The van der Waals surface area contributed by atoms with Crippen LogP contribution >= 0.6 is 0 Å². The van der Waals surface area contributed by atoms with Crippen molar-refractivity contribution >= 4 is 0 Å². The summed E-state index contributed by atoms with van der Waals surface area (Å²) < 4.78 is 0. The second-order valence-electron chi connectivity index (χ2n) is 5.94. The van der Waals surface area contributed by atoms with Gasteiger partial charge in [0.1, 0.15) is 0 Å². The lowest BCUT2D eigenvalue weighted by molar-refractivity contribution is 0.186. The molecule has 3 nitrogen and oxygen atoms in total. The number of nitrogens with zero attached hydrogens (tertiary/aromatic N) is 2. The summed E-state index contributed by atoms with van der Waals surface area (Å²) in [5, 5.41) is 3.73. The molecule has 1 saturated heterocycles. The van der Waals surface area contributed by atoms with Crippen LogP contribution in [0.2, 0.25) is 0 Å². The third-order valence-electron chi connectivity index (χ3n) is 3.95. The molecular formula is C15H29N3. The van der Waals surface area contributed by atoms with E-state index in [1.54, 1.807) is 0 Å². The van der Waals surface area contributed by atoms with E-state index in [4.69, 9.17) is 6.42 Å². The lowest BCUT2D eigenvalue weighted by Crippen LogP contribution is -2.48. The molecule has 1 N–H and O–H groups in total. The van der Waals surface area contributed by atoms with Crippen molar-refractivity contribution in [3.8, 4) is 12.3 Å². The molecule has 0 aromatic carbocycles. The molecule has 3 heteroatoms. The Morgan fingerprint density at radius 2 is 1.94 bits per heavy atom. The molecule has 1 heterocycles. The Kier molecular flexibility index (Phi) is 6.70.